The van der Waals surface area contributed by atoms with Crippen LogP contribution in [0.25, 0.3) is 0 Å². The van der Waals surface area contributed by atoms with Gasteiger partial charge in [-0.2, -0.15) is 0 Å². The number of rotatable bonds is 8. The van der Waals surface area contributed by atoms with Crippen molar-refractivity contribution in [2.24, 2.45) is 0 Å². The summed E-state index contributed by atoms with van der Waals surface area (Å²) in [5, 5.41) is 20.5. The zero-order valence-corrected chi connectivity index (χ0v) is 21.9. The summed E-state index contributed by atoms with van der Waals surface area (Å²) in [4.78, 5) is 51.9. The van der Waals surface area contributed by atoms with Crippen LogP contribution in [0.1, 0.15) is 65.1 Å². The molecule has 1 aliphatic heterocycles. The van der Waals surface area contributed by atoms with Crippen LogP contribution in [0.3, 0.4) is 0 Å². The van der Waals surface area contributed by atoms with Crippen LogP contribution in [-0.4, -0.2) is 66.7 Å². The van der Waals surface area contributed by atoms with E-state index in [4.69, 9.17) is 10.1 Å². The van der Waals surface area contributed by atoms with Crippen LogP contribution < -0.4 is 15.0 Å². The van der Waals surface area contributed by atoms with Crippen LogP contribution in [0.2, 0.25) is 0 Å². The van der Waals surface area contributed by atoms with Gasteiger partial charge in [-0.05, 0) is 46.9 Å². The van der Waals surface area contributed by atoms with Crippen LogP contribution in [0.4, 0.5) is 5.69 Å². The van der Waals surface area contributed by atoms with E-state index in [-0.39, 0.29) is 24.1 Å². The minimum absolute atomic E-state index is 0.0698. The molecule has 1 aliphatic rings. The number of aliphatic carboxylic acids is 1. The number of nitrogens with zero attached hydrogens (tertiary/aromatic N) is 2. The van der Waals surface area contributed by atoms with Crippen LogP contribution in [0.5, 0.6) is 5.75 Å². The van der Waals surface area contributed by atoms with Crippen molar-refractivity contribution >= 4 is 35.1 Å². The molecule has 10 heteroatoms. The summed E-state index contributed by atoms with van der Waals surface area (Å²) < 4.78 is 5.35. The number of anilines is 1. The maximum Gasteiger partial charge on any atom is 0.323 e. The van der Waals surface area contributed by atoms with E-state index >= 15 is 0 Å². The monoisotopic (exact) mass is 508 g/mol. The number of ketones is 1. The molecule has 0 fully saturated rings. The molecule has 37 heavy (non-hydrogen) atoms. The topological polar surface area (TPSA) is 140 Å². The Kier molecular flexibility index (Phi) is 7.71. The van der Waals surface area contributed by atoms with Gasteiger partial charge in [-0.3, -0.25) is 24.6 Å². The summed E-state index contributed by atoms with van der Waals surface area (Å²) in [5.74, 6) is -1.60. The first-order valence-electron chi connectivity index (χ1n) is 11.7. The molecule has 0 bridgehead atoms. The quantitative estimate of drug-likeness (QED) is 0.466. The number of fused-ring (bicyclic) bond motifs is 1. The second-order valence-electron chi connectivity index (χ2n) is 9.90. The molecule has 1 heterocycles. The van der Waals surface area contributed by atoms with Crippen LogP contribution in [0.15, 0.2) is 30.3 Å². The van der Waals surface area contributed by atoms with E-state index < -0.39 is 23.8 Å². The lowest BCUT2D eigenvalue weighted by Crippen LogP contribution is -2.36. The molecule has 0 spiro atoms. The smallest absolute Gasteiger partial charge is 0.323 e. The number of ether oxygens (including phenoxy) is 1. The van der Waals surface area contributed by atoms with Crippen LogP contribution >= 0.6 is 0 Å². The van der Waals surface area contributed by atoms with E-state index in [0.717, 1.165) is 5.56 Å². The Morgan fingerprint density at radius 3 is 2.38 bits per heavy atom. The number of carboxylic acid groups (broad SMARTS) is 1. The fourth-order valence-electron chi connectivity index (χ4n) is 4.36. The van der Waals surface area contributed by atoms with Gasteiger partial charge in [0.1, 0.15) is 18.1 Å². The maximum atomic E-state index is 13.3. The van der Waals surface area contributed by atoms with E-state index in [0.29, 0.717) is 40.2 Å². The number of carbonyl (C=O) groups is 4. The Labute approximate surface area is 215 Å². The minimum atomic E-state index is -1.14. The van der Waals surface area contributed by atoms with Gasteiger partial charge < -0.3 is 25.0 Å². The summed E-state index contributed by atoms with van der Waals surface area (Å²) in [6.45, 7) is 6.81. The fraction of sp³-hybridized carbons (Fsp3) is 0.370. The Balaban J connectivity index is 1.91. The van der Waals surface area contributed by atoms with Crippen molar-refractivity contribution in [3.05, 3.63) is 58.1 Å². The molecule has 10 nitrogen and oxygen atoms in total. The first-order chi connectivity index (χ1) is 17.3. The molecule has 3 rings (SSSR count). The second-order valence-corrected chi connectivity index (χ2v) is 9.90. The summed E-state index contributed by atoms with van der Waals surface area (Å²) in [6, 6.07) is 8.18. The summed E-state index contributed by atoms with van der Waals surface area (Å²) >= 11 is 0. The molecule has 0 radical (unpaired) electrons. The van der Waals surface area contributed by atoms with Gasteiger partial charge in [0.15, 0.2) is 5.78 Å². The van der Waals surface area contributed by atoms with Gasteiger partial charge >= 0.3 is 5.97 Å². The predicted octanol–water partition coefficient (Wildman–Crippen LogP) is 2.81. The van der Waals surface area contributed by atoms with Gasteiger partial charge in [0.25, 0.3) is 5.91 Å². The first-order valence-corrected chi connectivity index (χ1v) is 11.7. The van der Waals surface area contributed by atoms with E-state index in [2.05, 4.69) is 5.32 Å². The predicted molar refractivity (Wildman–Crippen MR) is 139 cm³/mol. The standard InChI is InChI=1S/C27H32N4O6/c1-15(32)31(14-24(34)35)21-8-7-16(9-20(21)27(2,3)4)22(33)13-30-12-17-10-23(37-6)19(26(36)29-5)11-18(17)25(30)28/h7-11,28H,12-14H2,1-6H3,(H,29,36)(H,34,35). The van der Waals surface area contributed by atoms with Gasteiger partial charge in [0.2, 0.25) is 5.91 Å². The first kappa shape index (κ1) is 27.4. The second kappa shape index (κ2) is 10.4. The van der Waals surface area contributed by atoms with Crippen molar-refractivity contribution in [1.29, 1.82) is 5.41 Å². The number of hydrogen-bond donors (Lipinski definition) is 3. The highest BCUT2D eigenvalue weighted by Crippen LogP contribution is 2.34. The van der Waals surface area contributed by atoms with Gasteiger partial charge in [-0.1, -0.05) is 20.8 Å². The third kappa shape index (κ3) is 5.63. The largest absolute Gasteiger partial charge is 0.496 e. The summed E-state index contributed by atoms with van der Waals surface area (Å²) in [5.41, 5.74) is 2.65. The number of hydrogen-bond acceptors (Lipinski definition) is 6. The van der Waals surface area contributed by atoms with Gasteiger partial charge in [-0.25, -0.2) is 0 Å². The van der Waals surface area contributed by atoms with Gasteiger partial charge in [-0.15, -0.1) is 0 Å². The fourth-order valence-corrected chi connectivity index (χ4v) is 4.36. The van der Waals surface area contributed by atoms with E-state index in [1.54, 1.807) is 35.2 Å². The number of carbonyl (C=O) groups excluding carboxylic acids is 3. The van der Waals surface area contributed by atoms with E-state index in [1.165, 1.54) is 26.0 Å². The molecule has 3 N–H and O–H groups in total. The highest BCUT2D eigenvalue weighted by Gasteiger charge is 2.30. The summed E-state index contributed by atoms with van der Waals surface area (Å²) in [6.07, 6.45) is 0. The molecule has 0 aromatic heterocycles. The Morgan fingerprint density at radius 1 is 1.16 bits per heavy atom. The normalized spacial score (nSPS) is 12.7. The highest BCUT2D eigenvalue weighted by molar-refractivity contribution is 6.08. The molecule has 2 amide bonds. The number of carboxylic acids is 1. The number of methoxy groups -OCH3 is 1. The third-order valence-corrected chi connectivity index (χ3v) is 6.25. The SMILES string of the molecule is CNC(=O)c1cc2c(cc1OC)CN(CC(=O)c1ccc(N(CC(=O)O)C(C)=O)c(C(C)(C)C)c1)C2=N. The molecule has 0 atom stereocenters. The number of benzene rings is 2. The molecule has 0 unspecified atom stereocenters. The van der Waals surface area contributed by atoms with Crippen molar-refractivity contribution in [2.75, 3.05) is 32.1 Å². The van der Waals surface area contributed by atoms with E-state index in [1.807, 2.05) is 20.8 Å². The molecule has 0 saturated carbocycles. The molecule has 0 aliphatic carbocycles. The average Bonchev–Trinajstić information content (AvgIpc) is 3.13. The van der Waals surface area contributed by atoms with Crippen molar-refractivity contribution in [2.45, 2.75) is 39.7 Å². The third-order valence-electron chi connectivity index (χ3n) is 6.25. The lowest BCUT2D eigenvalue weighted by molar-refractivity contribution is -0.136. The number of amidine groups is 1. The molecule has 2 aromatic rings. The Bertz CT molecular complexity index is 1290. The summed E-state index contributed by atoms with van der Waals surface area (Å²) in [7, 11) is 2.98. The molecular weight excluding hydrogens is 476 g/mol. The van der Waals surface area contributed by atoms with Crippen molar-refractivity contribution in [3.63, 3.8) is 0 Å². The molecule has 0 saturated heterocycles. The Morgan fingerprint density at radius 2 is 1.84 bits per heavy atom. The highest BCUT2D eigenvalue weighted by atomic mass is 16.5. The number of amides is 2. The average molecular weight is 509 g/mol. The lowest BCUT2D eigenvalue weighted by Gasteiger charge is -2.29. The lowest BCUT2D eigenvalue weighted by atomic mass is 9.84. The molecule has 196 valence electrons. The molecular formula is C27H32N4O6. The van der Waals surface area contributed by atoms with Crippen molar-refractivity contribution in [1.82, 2.24) is 10.2 Å². The number of Topliss-reactive ketones (excluding diaryl/α,β-unsaturated/α-hetero) is 1. The maximum absolute atomic E-state index is 13.3. The van der Waals surface area contributed by atoms with Gasteiger partial charge in [0.05, 0.1) is 19.2 Å². The molecule has 2 aromatic carbocycles. The Hall–Kier alpha value is -4.21. The van der Waals surface area contributed by atoms with Crippen LogP contribution in [-0.2, 0) is 21.5 Å². The van der Waals surface area contributed by atoms with Crippen LogP contribution in [0, 0.1) is 5.41 Å². The zero-order chi connectivity index (χ0) is 27.7. The van der Waals surface area contributed by atoms with Crippen molar-refractivity contribution < 1.29 is 29.0 Å². The number of nitrogens with one attached hydrogen (secondary N) is 2. The van der Waals surface area contributed by atoms with Gasteiger partial charge in [0, 0.05) is 37.3 Å². The zero-order valence-electron chi connectivity index (χ0n) is 21.9. The van der Waals surface area contributed by atoms with E-state index in [9.17, 15) is 24.3 Å². The van der Waals surface area contributed by atoms with Crippen molar-refractivity contribution in [3.8, 4) is 5.75 Å². The minimum Gasteiger partial charge on any atom is -0.496 e.